The molecule has 0 aliphatic carbocycles. The molecule has 6 nitrogen and oxygen atoms in total. The van der Waals surface area contributed by atoms with Crippen molar-refractivity contribution >= 4 is 29.0 Å². The van der Waals surface area contributed by atoms with Gasteiger partial charge in [-0.2, -0.15) is 0 Å². The molecule has 2 atom stereocenters. The summed E-state index contributed by atoms with van der Waals surface area (Å²) in [5, 5.41) is 2.82. The molecule has 1 aliphatic heterocycles. The van der Waals surface area contributed by atoms with Gasteiger partial charge in [-0.25, -0.2) is 0 Å². The molecule has 0 aromatic carbocycles. The topological polar surface area (TPSA) is 84.7 Å². The van der Waals surface area contributed by atoms with Gasteiger partial charge in [-0.3, -0.25) is 9.59 Å². The Hall–Kier alpha value is -1.21. The van der Waals surface area contributed by atoms with E-state index in [2.05, 4.69) is 5.32 Å². The van der Waals surface area contributed by atoms with Crippen molar-refractivity contribution in [3.05, 3.63) is 0 Å². The van der Waals surface area contributed by atoms with Crippen LogP contribution in [0.1, 0.15) is 34.1 Å². The molecule has 21 heavy (non-hydrogen) atoms. The monoisotopic (exact) mass is 315 g/mol. The van der Waals surface area contributed by atoms with Gasteiger partial charge in [0.1, 0.15) is 6.04 Å². The number of hydrogen-bond donors (Lipinski definition) is 2. The Balaban J connectivity index is 2.98. The summed E-state index contributed by atoms with van der Waals surface area (Å²) < 4.78 is 5.35. The molecule has 1 aliphatic rings. The zero-order chi connectivity index (χ0) is 16.2. The van der Waals surface area contributed by atoms with Gasteiger partial charge in [0.15, 0.2) is 0 Å². The van der Waals surface area contributed by atoms with Gasteiger partial charge in [-0.1, -0.05) is 19.1 Å². The van der Waals surface area contributed by atoms with Crippen LogP contribution in [0.2, 0.25) is 0 Å². The zero-order valence-corrected chi connectivity index (χ0v) is 14.0. The molecule has 1 rings (SSSR count). The van der Waals surface area contributed by atoms with E-state index in [1.165, 1.54) is 0 Å². The van der Waals surface area contributed by atoms with Gasteiger partial charge in [0.25, 0.3) is 0 Å². The fourth-order valence-electron chi connectivity index (χ4n) is 2.19. The molecular weight excluding hydrogens is 290 g/mol. The number of carbonyl (C=O) groups excluding carboxylic acids is 2. The predicted octanol–water partition coefficient (Wildman–Crippen LogP) is 0.441. The minimum absolute atomic E-state index is 0.00419. The van der Waals surface area contributed by atoms with Gasteiger partial charge in [-0.05, 0) is 27.2 Å². The minimum Gasteiger partial charge on any atom is -0.392 e. The van der Waals surface area contributed by atoms with Crippen molar-refractivity contribution in [2.45, 2.75) is 46.2 Å². The van der Waals surface area contributed by atoms with E-state index in [9.17, 15) is 9.59 Å². The summed E-state index contributed by atoms with van der Waals surface area (Å²) in [5.74, 6) is -0.413. The lowest BCUT2D eigenvalue weighted by Crippen LogP contribution is -2.61. The van der Waals surface area contributed by atoms with Crippen molar-refractivity contribution in [3.8, 4) is 0 Å². The SMILES string of the molecule is CCC(C)(C(=O)N1CCOCC1C(=O)NC(C)C)C(N)=S. The standard InChI is InChI=1S/C14H25N3O3S/c1-5-14(4,12(15)21)13(19)17-6-7-20-8-10(17)11(18)16-9(2)3/h9-10H,5-8H2,1-4H3,(H2,15,21)(H,16,18). The average molecular weight is 315 g/mol. The van der Waals surface area contributed by atoms with Crippen LogP contribution in [0.15, 0.2) is 0 Å². The fraction of sp³-hybridized carbons (Fsp3) is 0.786. The molecule has 0 saturated carbocycles. The van der Waals surface area contributed by atoms with E-state index in [-0.39, 0.29) is 29.5 Å². The number of hydrogen-bond acceptors (Lipinski definition) is 4. The maximum absolute atomic E-state index is 12.8. The van der Waals surface area contributed by atoms with Gasteiger partial charge < -0.3 is 20.7 Å². The second-order valence-corrected chi connectivity index (χ2v) is 6.24. The van der Waals surface area contributed by atoms with Crippen molar-refractivity contribution in [1.29, 1.82) is 0 Å². The number of carbonyl (C=O) groups is 2. The molecular formula is C14H25N3O3S. The number of nitrogens with two attached hydrogens (primary N) is 1. The van der Waals surface area contributed by atoms with Crippen LogP contribution in [0.3, 0.4) is 0 Å². The molecule has 1 heterocycles. The molecule has 0 radical (unpaired) electrons. The normalized spacial score (nSPS) is 21.8. The smallest absolute Gasteiger partial charge is 0.245 e. The molecule has 0 aromatic heterocycles. The Morgan fingerprint density at radius 2 is 2.14 bits per heavy atom. The van der Waals surface area contributed by atoms with Crippen LogP contribution >= 0.6 is 12.2 Å². The number of nitrogens with zero attached hydrogens (tertiary/aromatic N) is 1. The lowest BCUT2D eigenvalue weighted by atomic mass is 9.85. The number of rotatable bonds is 5. The summed E-state index contributed by atoms with van der Waals surface area (Å²) >= 11 is 5.05. The number of morpholine rings is 1. The summed E-state index contributed by atoms with van der Waals surface area (Å²) in [5.41, 5.74) is 4.82. The number of ether oxygens (including phenoxy) is 1. The largest absolute Gasteiger partial charge is 0.392 e. The summed E-state index contributed by atoms with van der Waals surface area (Å²) in [6.07, 6.45) is 0.497. The van der Waals surface area contributed by atoms with Crippen LogP contribution < -0.4 is 11.1 Å². The van der Waals surface area contributed by atoms with Crippen molar-refractivity contribution in [2.75, 3.05) is 19.8 Å². The highest BCUT2D eigenvalue weighted by Gasteiger charge is 2.43. The maximum atomic E-state index is 12.8. The van der Waals surface area contributed by atoms with Crippen LogP contribution in [-0.4, -0.2) is 53.5 Å². The van der Waals surface area contributed by atoms with Crippen molar-refractivity contribution in [2.24, 2.45) is 11.1 Å². The highest BCUT2D eigenvalue weighted by atomic mass is 32.1. The Kier molecular flexibility index (Phi) is 6.10. The Morgan fingerprint density at radius 3 is 2.62 bits per heavy atom. The van der Waals surface area contributed by atoms with Gasteiger partial charge >= 0.3 is 0 Å². The molecule has 2 unspecified atom stereocenters. The van der Waals surface area contributed by atoms with Crippen LogP contribution in [0, 0.1) is 5.41 Å². The first-order valence-electron chi connectivity index (χ1n) is 7.23. The molecule has 0 bridgehead atoms. The summed E-state index contributed by atoms with van der Waals surface area (Å²) in [7, 11) is 0. The molecule has 7 heteroatoms. The first kappa shape index (κ1) is 17.8. The third-order valence-corrected chi connectivity index (χ3v) is 4.30. The number of nitrogens with one attached hydrogen (secondary N) is 1. The second-order valence-electron chi connectivity index (χ2n) is 5.80. The van der Waals surface area contributed by atoms with Crippen LogP contribution in [0.5, 0.6) is 0 Å². The molecule has 120 valence electrons. The minimum atomic E-state index is -0.928. The van der Waals surface area contributed by atoms with Crippen molar-refractivity contribution in [1.82, 2.24) is 10.2 Å². The van der Waals surface area contributed by atoms with E-state index in [1.807, 2.05) is 20.8 Å². The summed E-state index contributed by atoms with van der Waals surface area (Å²) in [6, 6.07) is -0.626. The third kappa shape index (κ3) is 3.91. The van der Waals surface area contributed by atoms with E-state index in [0.717, 1.165) is 0 Å². The quantitative estimate of drug-likeness (QED) is 0.719. The van der Waals surface area contributed by atoms with Gasteiger partial charge in [-0.15, -0.1) is 0 Å². The molecule has 1 fully saturated rings. The van der Waals surface area contributed by atoms with Gasteiger partial charge in [0, 0.05) is 12.6 Å². The first-order valence-corrected chi connectivity index (χ1v) is 7.64. The predicted molar refractivity (Wildman–Crippen MR) is 84.8 cm³/mol. The van der Waals surface area contributed by atoms with Crippen molar-refractivity contribution < 1.29 is 14.3 Å². The second kappa shape index (κ2) is 7.17. The third-order valence-electron chi connectivity index (χ3n) is 3.85. The maximum Gasteiger partial charge on any atom is 0.245 e. The van der Waals surface area contributed by atoms with Crippen LogP contribution in [0.25, 0.3) is 0 Å². The number of amides is 2. The lowest BCUT2D eigenvalue weighted by Gasteiger charge is -2.40. The highest BCUT2D eigenvalue weighted by Crippen LogP contribution is 2.27. The van der Waals surface area contributed by atoms with E-state index < -0.39 is 11.5 Å². The molecule has 0 spiro atoms. The Labute approximate surface area is 131 Å². The fourth-order valence-corrected chi connectivity index (χ4v) is 2.42. The Bertz CT molecular complexity index is 428. The van der Waals surface area contributed by atoms with E-state index in [1.54, 1.807) is 11.8 Å². The highest BCUT2D eigenvalue weighted by molar-refractivity contribution is 7.80. The summed E-state index contributed by atoms with van der Waals surface area (Å²) in [4.78, 5) is 26.8. The van der Waals surface area contributed by atoms with Crippen LogP contribution in [-0.2, 0) is 14.3 Å². The van der Waals surface area contributed by atoms with Crippen molar-refractivity contribution in [3.63, 3.8) is 0 Å². The molecule has 3 N–H and O–H groups in total. The van der Waals surface area contributed by atoms with Crippen LogP contribution in [0.4, 0.5) is 0 Å². The van der Waals surface area contributed by atoms with Gasteiger partial charge in [0.05, 0.1) is 23.6 Å². The lowest BCUT2D eigenvalue weighted by molar-refractivity contribution is -0.153. The van der Waals surface area contributed by atoms with Gasteiger partial charge in [0.2, 0.25) is 11.8 Å². The number of thiocarbonyl (C=S) groups is 1. The molecule has 0 aromatic rings. The van der Waals surface area contributed by atoms with E-state index in [4.69, 9.17) is 22.7 Å². The zero-order valence-electron chi connectivity index (χ0n) is 13.1. The average Bonchev–Trinajstić information content (AvgIpc) is 2.44. The van der Waals surface area contributed by atoms with E-state index >= 15 is 0 Å². The molecule has 2 amide bonds. The first-order chi connectivity index (χ1) is 9.74. The molecule has 1 saturated heterocycles. The summed E-state index contributed by atoms with van der Waals surface area (Å²) in [6.45, 7) is 8.31. The van der Waals surface area contributed by atoms with E-state index in [0.29, 0.717) is 19.6 Å². The Morgan fingerprint density at radius 1 is 1.52 bits per heavy atom.